The van der Waals surface area contributed by atoms with Crippen LogP contribution in [0.5, 0.6) is 0 Å². The molecular weight excluding hydrogens is 287 g/mol. The number of alkyl halides is 1. The summed E-state index contributed by atoms with van der Waals surface area (Å²) >= 11 is 0. The molecule has 2 nitrogen and oxygen atoms in total. The standard InChI is InChI=1S/C20H23FN2/c1-2-3-7-12-20(16-22,18-11-8-13-23-15-18)14-19(21)17-9-5-4-6-10-17/h4-6,8-11,13,15,19H,2-3,7,12,14H2,1H3. The van der Waals surface area contributed by atoms with Gasteiger partial charge < -0.3 is 0 Å². The monoisotopic (exact) mass is 310 g/mol. The molecule has 2 unspecified atom stereocenters. The summed E-state index contributed by atoms with van der Waals surface area (Å²) < 4.78 is 14.8. The summed E-state index contributed by atoms with van der Waals surface area (Å²) in [5.74, 6) is 0. The van der Waals surface area contributed by atoms with Crippen molar-refractivity contribution in [3.8, 4) is 6.07 Å². The molecule has 0 N–H and O–H groups in total. The normalized spacial score (nSPS) is 14.7. The molecule has 0 aliphatic rings. The van der Waals surface area contributed by atoms with Crippen LogP contribution in [0.15, 0.2) is 54.9 Å². The van der Waals surface area contributed by atoms with Crippen LogP contribution in [-0.2, 0) is 5.41 Å². The Balaban J connectivity index is 2.27. The van der Waals surface area contributed by atoms with E-state index in [4.69, 9.17) is 0 Å². The Morgan fingerprint density at radius 2 is 1.96 bits per heavy atom. The largest absolute Gasteiger partial charge is 0.264 e. The van der Waals surface area contributed by atoms with E-state index in [9.17, 15) is 9.65 Å². The number of nitrogens with zero attached hydrogens (tertiary/aromatic N) is 2. The van der Waals surface area contributed by atoms with E-state index in [-0.39, 0.29) is 6.42 Å². The second-order valence-electron chi connectivity index (χ2n) is 5.98. The first-order valence-corrected chi connectivity index (χ1v) is 8.22. The Bertz CT molecular complexity index is 621. The number of benzene rings is 1. The highest BCUT2D eigenvalue weighted by atomic mass is 19.1. The second-order valence-corrected chi connectivity index (χ2v) is 5.98. The number of aromatic nitrogens is 1. The Hall–Kier alpha value is -2.21. The number of pyridine rings is 1. The van der Waals surface area contributed by atoms with Crippen LogP contribution >= 0.6 is 0 Å². The Morgan fingerprint density at radius 1 is 1.17 bits per heavy atom. The van der Waals surface area contributed by atoms with Gasteiger partial charge in [-0.3, -0.25) is 4.98 Å². The lowest BCUT2D eigenvalue weighted by atomic mass is 9.73. The quantitative estimate of drug-likeness (QED) is 0.601. The zero-order valence-electron chi connectivity index (χ0n) is 13.6. The summed E-state index contributed by atoms with van der Waals surface area (Å²) in [4.78, 5) is 4.13. The number of unbranched alkanes of at least 4 members (excludes halogenated alkanes) is 2. The number of nitriles is 1. The van der Waals surface area contributed by atoms with Crippen LogP contribution in [0.4, 0.5) is 4.39 Å². The fraction of sp³-hybridized carbons (Fsp3) is 0.400. The van der Waals surface area contributed by atoms with E-state index in [1.807, 2.05) is 30.3 Å². The van der Waals surface area contributed by atoms with Crippen molar-refractivity contribution >= 4 is 0 Å². The van der Waals surface area contributed by atoms with Crippen LogP contribution in [0, 0.1) is 11.3 Å². The molecule has 2 atom stereocenters. The predicted octanol–water partition coefficient (Wildman–Crippen LogP) is 5.52. The summed E-state index contributed by atoms with van der Waals surface area (Å²) in [5.41, 5.74) is 0.627. The van der Waals surface area contributed by atoms with E-state index >= 15 is 0 Å². The molecule has 0 spiro atoms. The van der Waals surface area contributed by atoms with Gasteiger partial charge in [0.15, 0.2) is 0 Å². The maximum Gasteiger partial charge on any atom is 0.127 e. The summed E-state index contributed by atoms with van der Waals surface area (Å²) in [6, 6.07) is 15.2. The van der Waals surface area contributed by atoms with E-state index in [0.29, 0.717) is 12.0 Å². The van der Waals surface area contributed by atoms with Crippen molar-refractivity contribution in [2.75, 3.05) is 0 Å². The van der Waals surface area contributed by atoms with Crippen molar-refractivity contribution in [2.24, 2.45) is 0 Å². The van der Waals surface area contributed by atoms with Gasteiger partial charge in [0.1, 0.15) is 6.17 Å². The first-order valence-electron chi connectivity index (χ1n) is 8.22. The molecule has 0 aliphatic heterocycles. The van der Waals surface area contributed by atoms with Gasteiger partial charge in [-0.05, 0) is 23.6 Å². The van der Waals surface area contributed by atoms with Crippen LogP contribution in [0.3, 0.4) is 0 Å². The lowest BCUT2D eigenvalue weighted by Crippen LogP contribution is -2.26. The molecule has 1 aromatic heterocycles. The first-order chi connectivity index (χ1) is 11.2. The maximum absolute atomic E-state index is 14.8. The molecular formula is C20H23FN2. The van der Waals surface area contributed by atoms with Gasteiger partial charge in [-0.1, -0.05) is 62.6 Å². The highest BCUT2D eigenvalue weighted by molar-refractivity contribution is 5.31. The summed E-state index contributed by atoms with van der Waals surface area (Å²) in [6.07, 6.45) is 6.10. The van der Waals surface area contributed by atoms with Crippen molar-refractivity contribution in [1.82, 2.24) is 4.98 Å². The van der Waals surface area contributed by atoms with Crippen LogP contribution in [0.25, 0.3) is 0 Å². The van der Waals surface area contributed by atoms with Crippen molar-refractivity contribution in [3.63, 3.8) is 0 Å². The lowest BCUT2D eigenvalue weighted by Gasteiger charge is -2.28. The first kappa shape index (κ1) is 17.1. The van der Waals surface area contributed by atoms with Gasteiger partial charge in [-0.15, -0.1) is 0 Å². The topological polar surface area (TPSA) is 36.7 Å². The molecule has 2 rings (SSSR count). The zero-order valence-corrected chi connectivity index (χ0v) is 13.6. The van der Waals surface area contributed by atoms with Gasteiger partial charge in [-0.2, -0.15) is 5.26 Å². The van der Waals surface area contributed by atoms with Gasteiger partial charge >= 0.3 is 0 Å². The predicted molar refractivity (Wildman–Crippen MR) is 90.6 cm³/mol. The highest BCUT2D eigenvalue weighted by Crippen LogP contribution is 2.39. The van der Waals surface area contributed by atoms with E-state index in [1.165, 1.54) is 0 Å². The third-order valence-corrected chi connectivity index (χ3v) is 4.32. The molecule has 3 heteroatoms. The Kier molecular flexibility index (Phi) is 6.29. The molecule has 0 saturated carbocycles. The van der Waals surface area contributed by atoms with Crippen molar-refractivity contribution in [2.45, 2.75) is 50.6 Å². The molecule has 1 heterocycles. The van der Waals surface area contributed by atoms with E-state index < -0.39 is 11.6 Å². The molecule has 0 bridgehead atoms. The van der Waals surface area contributed by atoms with Gasteiger partial charge in [-0.25, -0.2) is 4.39 Å². The highest BCUT2D eigenvalue weighted by Gasteiger charge is 2.35. The summed E-state index contributed by atoms with van der Waals surface area (Å²) in [7, 11) is 0. The van der Waals surface area contributed by atoms with Crippen molar-refractivity contribution < 1.29 is 4.39 Å². The van der Waals surface area contributed by atoms with Gasteiger partial charge in [0, 0.05) is 18.8 Å². The van der Waals surface area contributed by atoms with E-state index in [2.05, 4.69) is 18.0 Å². The van der Waals surface area contributed by atoms with Crippen molar-refractivity contribution in [1.29, 1.82) is 5.26 Å². The Morgan fingerprint density at radius 3 is 2.57 bits per heavy atom. The number of halogens is 1. The number of hydrogen-bond donors (Lipinski definition) is 0. The minimum absolute atomic E-state index is 0.170. The SMILES string of the molecule is CCCCCC(C#N)(CC(F)c1ccccc1)c1cccnc1. The Labute approximate surface area is 138 Å². The fourth-order valence-electron chi connectivity index (χ4n) is 2.94. The van der Waals surface area contributed by atoms with Gasteiger partial charge in [0.2, 0.25) is 0 Å². The maximum atomic E-state index is 14.8. The molecule has 2 aromatic rings. The second kappa shape index (κ2) is 8.43. The number of rotatable bonds is 8. The molecule has 0 radical (unpaired) electrons. The summed E-state index contributed by atoms with van der Waals surface area (Å²) in [6.45, 7) is 2.13. The summed E-state index contributed by atoms with van der Waals surface area (Å²) in [5, 5.41) is 9.88. The van der Waals surface area contributed by atoms with Crippen LogP contribution in [0.1, 0.15) is 56.3 Å². The number of hydrogen-bond acceptors (Lipinski definition) is 2. The molecule has 120 valence electrons. The molecule has 0 fully saturated rings. The van der Waals surface area contributed by atoms with Crippen molar-refractivity contribution in [3.05, 3.63) is 66.0 Å². The van der Waals surface area contributed by atoms with Crippen LogP contribution < -0.4 is 0 Å². The third-order valence-electron chi connectivity index (χ3n) is 4.32. The van der Waals surface area contributed by atoms with E-state index in [1.54, 1.807) is 24.5 Å². The van der Waals surface area contributed by atoms with Crippen LogP contribution in [-0.4, -0.2) is 4.98 Å². The molecule has 0 saturated heterocycles. The average Bonchev–Trinajstić information content (AvgIpc) is 2.62. The zero-order chi connectivity index (χ0) is 16.5. The van der Waals surface area contributed by atoms with Crippen LogP contribution in [0.2, 0.25) is 0 Å². The third kappa shape index (κ3) is 4.39. The minimum atomic E-state index is -1.15. The minimum Gasteiger partial charge on any atom is -0.264 e. The average molecular weight is 310 g/mol. The van der Waals surface area contributed by atoms with Gasteiger partial charge in [0.05, 0.1) is 11.5 Å². The molecule has 0 amide bonds. The molecule has 23 heavy (non-hydrogen) atoms. The smallest absolute Gasteiger partial charge is 0.127 e. The van der Waals surface area contributed by atoms with Gasteiger partial charge in [0.25, 0.3) is 0 Å². The molecule has 0 aliphatic carbocycles. The lowest BCUT2D eigenvalue weighted by molar-refractivity contribution is 0.263. The molecule has 1 aromatic carbocycles. The van der Waals surface area contributed by atoms with E-state index in [0.717, 1.165) is 24.8 Å². The fourth-order valence-corrected chi connectivity index (χ4v) is 2.94.